The molecule has 0 unspecified atom stereocenters. The van der Waals surface area contributed by atoms with Crippen molar-refractivity contribution in [2.75, 3.05) is 11.9 Å². The van der Waals surface area contributed by atoms with Gasteiger partial charge in [-0.05, 0) is 50.2 Å². The minimum absolute atomic E-state index is 0.0301. The van der Waals surface area contributed by atoms with E-state index in [0.29, 0.717) is 11.3 Å². The first-order valence-electron chi connectivity index (χ1n) is 9.17. The van der Waals surface area contributed by atoms with Crippen LogP contribution in [0.3, 0.4) is 0 Å². The standard InChI is InChI=1S/C19H22N4O5S2/c1-13(2)22-29(25,26)15-9-7-14(8-10-15)21-18(24)11-12-20-19-16-5-3-4-6-17(16)30(27,28)23-19/h3-10,13,22H,11-12H2,1-2H3,(H,20,23)(H,21,24). The molecule has 0 spiro atoms. The van der Waals surface area contributed by atoms with Crippen molar-refractivity contribution in [3.8, 4) is 0 Å². The van der Waals surface area contributed by atoms with Crippen molar-refractivity contribution in [2.45, 2.75) is 36.1 Å². The molecule has 0 radical (unpaired) electrons. The molecule has 1 aliphatic heterocycles. The van der Waals surface area contributed by atoms with E-state index < -0.39 is 20.0 Å². The molecule has 1 heterocycles. The SMILES string of the molecule is CC(C)NS(=O)(=O)c1ccc(NC(=O)CCN=C2NS(=O)(=O)c3ccccc32)cc1. The second-order valence-corrected chi connectivity index (χ2v) is 10.3. The van der Waals surface area contributed by atoms with Gasteiger partial charge in [-0.1, -0.05) is 12.1 Å². The van der Waals surface area contributed by atoms with Crippen molar-refractivity contribution >= 4 is 37.5 Å². The lowest BCUT2D eigenvalue weighted by molar-refractivity contribution is -0.116. The third kappa shape index (κ3) is 5.04. The molecule has 1 amide bonds. The third-order valence-electron chi connectivity index (χ3n) is 4.11. The fourth-order valence-electron chi connectivity index (χ4n) is 2.84. The van der Waals surface area contributed by atoms with E-state index in [1.54, 1.807) is 32.0 Å². The van der Waals surface area contributed by atoms with Crippen LogP contribution in [0.2, 0.25) is 0 Å². The Morgan fingerprint density at radius 1 is 1.10 bits per heavy atom. The maximum absolute atomic E-state index is 12.1. The molecule has 3 N–H and O–H groups in total. The molecule has 0 fully saturated rings. The van der Waals surface area contributed by atoms with Gasteiger partial charge in [0.25, 0.3) is 10.0 Å². The number of fused-ring (bicyclic) bond motifs is 1. The van der Waals surface area contributed by atoms with Gasteiger partial charge >= 0.3 is 0 Å². The van der Waals surface area contributed by atoms with Crippen LogP contribution in [0.1, 0.15) is 25.8 Å². The molecule has 1 aliphatic rings. The van der Waals surface area contributed by atoms with E-state index >= 15 is 0 Å². The average Bonchev–Trinajstić information content (AvgIpc) is 2.92. The lowest BCUT2D eigenvalue weighted by Gasteiger charge is -2.10. The van der Waals surface area contributed by atoms with E-state index in [1.165, 1.54) is 30.3 Å². The summed E-state index contributed by atoms with van der Waals surface area (Å²) in [6, 6.07) is 12.1. The van der Waals surface area contributed by atoms with Gasteiger partial charge in [-0.2, -0.15) is 0 Å². The highest BCUT2D eigenvalue weighted by Gasteiger charge is 2.29. The molecule has 0 aromatic heterocycles. The second kappa shape index (κ2) is 8.54. The predicted molar refractivity (Wildman–Crippen MR) is 113 cm³/mol. The fourth-order valence-corrected chi connectivity index (χ4v) is 5.34. The van der Waals surface area contributed by atoms with Crippen LogP contribution in [0.4, 0.5) is 5.69 Å². The summed E-state index contributed by atoms with van der Waals surface area (Å²) in [7, 11) is -7.21. The van der Waals surface area contributed by atoms with E-state index in [4.69, 9.17) is 0 Å². The Kier molecular flexibility index (Phi) is 6.25. The van der Waals surface area contributed by atoms with Crippen molar-refractivity contribution in [1.82, 2.24) is 9.44 Å². The Morgan fingerprint density at radius 3 is 2.43 bits per heavy atom. The summed E-state index contributed by atoms with van der Waals surface area (Å²) < 4.78 is 53.2. The molecule has 3 rings (SSSR count). The van der Waals surface area contributed by atoms with Crippen LogP contribution in [-0.2, 0) is 24.8 Å². The Balaban J connectivity index is 1.59. The Bertz CT molecular complexity index is 1190. The van der Waals surface area contributed by atoms with Crippen LogP contribution < -0.4 is 14.8 Å². The van der Waals surface area contributed by atoms with Gasteiger partial charge in [0.1, 0.15) is 5.84 Å². The minimum Gasteiger partial charge on any atom is -0.326 e. The quantitative estimate of drug-likeness (QED) is 0.587. The highest BCUT2D eigenvalue weighted by Crippen LogP contribution is 2.22. The van der Waals surface area contributed by atoms with Gasteiger partial charge in [-0.15, -0.1) is 0 Å². The van der Waals surface area contributed by atoms with Crippen LogP contribution in [0.15, 0.2) is 63.3 Å². The van der Waals surface area contributed by atoms with Gasteiger partial charge in [0, 0.05) is 23.7 Å². The van der Waals surface area contributed by atoms with E-state index in [9.17, 15) is 21.6 Å². The molecule has 0 bridgehead atoms. The molecule has 2 aromatic carbocycles. The predicted octanol–water partition coefficient (Wildman–Crippen LogP) is 1.44. The number of sulfonamides is 2. The maximum Gasteiger partial charge on any atom is 0.263 e. The van der Waals surface area contributed by atoms with E-state index in [1.807, 2.05) is 0 Å². The van der Waals surface area contributed by atoms with Crippen LogP contribution in [0, 0.1) is 0 Å². The first-order valence-corrected chi connectivity index (χ1v) is 12.1. The van der Waals surface area contributed by atoms with Crippen LogP contribution in [-0.4, -0.2) is 41.2 Å². The smallest absolute Gasteiger partial charge is 0.263 e. The zero-order valence-electron chi connectivity index (χ0n) is 16.4. The molecule has 0 saturated heterocycles. The Morgan fingerprint density at radius 2 is 1.77 bits per heavy atom. The number of nitrogens with one attached hydrogen (secondary N) is 3. The number of amides is 1. The molecule has 2 aromatic rings. The number of hydrogen-bond acceptors (Lipinski definition) is 6. The molecule has 30 heavy (non-hydrogen) atoms. The summed E-state index contributed by atoms with van der Waals surface area (Å²) >= 11 is 0. The summed E-state index contributed by atoms with van der Waals surface area (Å²) in [6.45, 7) is 3.54. The largest absolute Gasteiger partial charge is 0.326 e. The molecule has 160 valence electrons. The molecule has 0 atom stereocenters. The molecule has 0 saturated carbocycles. The van der Waals surface area contributed by atoms with E-state index in [-0.39, 0.29) is 40.5 Å². The van der Waals surface area contributed by atoms with Crippen molar-refractivity contribution in [3.05, 3.63) is 54.1 Å². The van der Waals surface area contributed by atoms with E-state index in [0.717, 1.165) is 0 Å². The number of amidine groups is 1. The highest BCUT2D eigenvalue weighted by molar-refractivity contribution is 7.90. The summed E-state index contributed by atoms with van der Waals surface area (Å²) in [5.41, 5.74) is 0.924. The summed E-state index contributed by atoms with van der Waals surface area (Å²) in [5.74, 6) is -0.116. The average molecular weight is 451 g/mol. The summed E-state index contributed by atoms with van der Waals surface area (Å²) in [4.78, 5) is 16.6. The third-order valence-corrected chi connectivity index (χ3v) is 7.18. The molecular weight excluding hydrogens is 428 g/mol. The second-order valence-electron chi connectivity index (χ2n) is 6.93. The van der Waals surface area contributed by atoms with Crippen molar-refractivity contribution in [2.24, 2.45) is 4.99 Å². The monoisotopic (exact) mass is 450 g/mol. The molecular formula is C19H22N4O5S2. The lowest BCUT2D eigenvalue weighted by atomic mass is 10.2. The van der Waals surface area contributed by atoms with Gasteiger partial charge < -0.3 is 5.32 Å². The molecule has 0 aliphatic carbocycles. The molecule has 9 nitrogen and oxygen atoms in total. The van der Waals surface area contributed by atoms with Crippen molar-refractivity contribution < 1.29 is 21.6 Å². The summed E-state index contributed by atoms with van der Waals surface area (Å²) in [5, 5.41) is 2.66. The number of carbonyl (C=O) groups excluding carboxylic acids is 1. The van der Waals surface area contributed by atoms with Gasteiger partial charge in [-0.25, -0.2) is 21.6 Å². The maximum atomic E-state index is 12.1. The van der Waals surface area contributed by atoms with Crippen LogP contribution >= 0.6 is 0 Å². The minimum atomic E-state index is -3.61. The Hall–Kier alpha value is -2.76. The number of benzene rings is 2. The van der Waals surface area contributed by atoms with Gasteiger partial charge in [0.15, 0.2) is 0 Å². The normalized spacial score (nSPS) is 16.3. The summed E-state index contributed by atoms with van der Waals surface area (Å²) in [6.07, 6.45) is 0.0301. The topological polar surface area (TPSA) is 134 Å². The van der Waals surface area contributed by atoms with Crippen LogP contribution in [0.5, 0.6) is 0 Å². The fraction of sp³-hybridized carbons (Fsp3) is 0.263. The van der Waals surface area contributed by atoms with Gasteiger partial charge in [-0.3, -0.25) is 14.5 Å². The zero-order chi connectivity index (χ0) is 21.9. The van der Waals surface area contributed by atoms with Crippen LogP contribution in [0.25, 0.3) is 0 Å². The highest BCUT2D eigenvalue weighted by atomic mass is 32.2. The Labute approximate surface area is 175 Å². The number of aliphatic imine (C=N–C) groups is 1. The number of anilines is 1. The van der Waals surface area contributed by atoms with Gasteiger partial charge in [0.2, 0.25) is 15.9 Å². The first kappa shape index (κ1) is 21.9. The number of carbonyl (C=O) groups is 1. The molecule has 11 heteroatoms. The number of rotatable bonds is 7. The zero-order valence-corrected chi connectivity index (χ0v) is 18.0. The number of nitrogens with zero attached hydrogens (tertiary/aromatic N) is 1. The van der Waals surface area contributed by atoms with Gasteiger partial charge in [0.05, 0.1) is 16.3 Å². The first-order chi connectivity index (χ1) is 14.1. The van der Waals surface area contributed by atoms with Crippen molar-refractivity contribution in [1.29, 1.82) is 0 Å². The van der Waals surface area contributed by atoms with Crippen molar-refractivity contribution in [3.63, 3.8) is 0 Å². The van der Waals surface area contributed by atoms with E-state index in [2.05, 4.69) is 19.8 Å². The lowest BCUT2D eigenvalue weighted by Crippen LogP contribution is -2.30. The number of hydrogen-bond donors (Lipinski definition) is 3.